The Morgan fingerprint density at radius 1 is 1.29 bits per heavy atom. The number of unbranched alkanes of at least 4 members (excludes halogenated alkanes) is 1. The molecular formula is C16H25N. The van der Waals surface area contributed by atoms with Gasteiger partial charge in [-0.3, -0.25) is 0 Å². The molecule has 0 bridgehead atoms. The SMILES string of the molecule is CCCCc1ccc(C2(C)NCCC2C)cc1. The van der Waals surface area contributed by atoms with E-state index in [0.29, 0.717) is 0 Å². The average molecular weight is 231 g/mol. The quantitative estimate of drug-likeness (QED) is 0.829. The first kappa shape index (κ1) is 12.6. The van der Waals surface area contributed by atoms with Gasteiger partial charge in [0, 0.05) is 5.54 Å². The normalized spacial score (nSPS) is 28.5. The highest BCUT2D eigenvalue weighted by Gasteiger charge is 2.36. The maximum absolute atomic E-state index is 3.66. The monoisotopic (exact) mass is 231 g/mol. The van der Waals surface area contributed by atoms with Gasteiger partial charge < -0.3 is 5.32 Å². The maximum atomic E-state index is 3.66. The highest BCUT2D eigenvalue weighted by Crippen LogP contribution is 2.35. The molecule has 1 aliphatic heterocycles. The zero-order valence-electron chi connectivity index (χ0n) is 11.4. The van der Waals surface area contributed by atoms with Gasteiger partial charge in [-0.15, -0.1) is 0 Å². The van der Waals surface area contributed by atoms with Crippen LogP contribution in [0.25, 0.3) is 0 Å². The van der Waals surface area contributed by atoms with Crippen molar-refractivity contribution < 1.29 is 0 Å². The van der Waals surface area contributed by atoms with Gasteiger partial charge in [0.2, 0.25) is 0 Å². The summed E-state index contributed by atoms with van der Waals surface area (Å²) >= 11 is 0. The van der Waals surface area contributed by atoms with E-state index >= 15 is 0 Å². The lowest BCUT2D eigenvalue weighted by Gasteiger charge is -2.30. The number of hydrogen-bond donors (Lipinski definition) is 1. The van der Waals surface area contributed by atoms with Crippen molar-refractivity contribution in [3.8, 4) is 0 Å². The van der Waals surface area contributed by atoms with E-state index in [2.05, 4.69) is 50.4 Å². The van der Waals surface area contributed by atoms with E-state index in [1.165, 1.54) is 36.8 Å². The first-order chi connectivity index (χ1) is 8.16. The molecule has 1 fully saturated rings. The lowest BCUT2D eigenvalue weighted by Crippen LogP contribution is -2.37. The Hall–Kier alpha value is -0.820. The topological polar surface area (TPSA) is 12.0 Å². The van der Waals surface area contributed by atoms with Crippen molar-refractivity contribution in [3.63, 3.8) is 0 Å². The van der Waals surface area contributed by atoms with E-state index in [0.717, 1.165) is 12.5 Å². The molecule has 1 saturated heterocycles. The molecule has 1 heterocycles. The standard InChI is InChI=1S/C16H25N/c1-4-5-6-14-7-9-15(10-8-14)16(3)13(2)11-12-17-16/h7-10,13,17H,4-6,11-12H2,1-3H3. The molecule has 1 aromatic carbocycles. The van der Waals surface area contributed by atoms with Crippen molar-refractivity contribution in [1.29, 1.82) is 0 Å². The Bertz CT molecular complexity index is 354. The zero-order chi connectivity index (χ0) is 12.3. The third-order valence-electron chi connectivity index (χ3n) is 4.43. The predicted molar refractivity (Wildman–Crippen MR) is 74.2 cm³/mol. The van der Waals surface area contributed by atoms with Crippen LogP contribution in [0, 0.1) is 5.92 Å². The van der Waals surface area contributed by atoms with Gasteiger partial charge in [0.1, 0.15) is 0 Å². The summed E-state index contributed by atoms with van der Waals surface area (Å²) in [5.74, 6) is 0.726. The second-order valence-electron chi connectivity index (χ2n) is 5.62. The summed E-state index contributed by atoms with van der Waals surface area (Å²) in [5, 5.41) is 3.66. The Morgan fingerprint density at radius 3 is 2.53 bits per heavy atom. The van der Waals surface area contributed by atoms with Gasteiger partial charge >= 0.3 is 0 Å². The number of hydrogen-bond acceptors (Lipinski definition) is 1. The highest BCUT2D eigenvalue weighted by atomic mass is 15.0. The summed E-state index contributed by atoms with van der Waals surface area (Å²) in [6, 6.07) is 9.26. The number of aryl methyl sites for hydroxylation is 1. The van der Waals surface area contributed by atoms with Gasteiger partial charge in [-0.1, -0.05) is 44.5 Å². The molecule has 0 radical (unpaired) electrons. The molecule has 1 aromatic rings. The van der Waals surface area contributed by atoms with E-state index in [4.69, 9.17) is 0 Å². The smallest absolute Gasteiger partial charge is 0.0432 e. The van der Waals surface area contributed by atoms with Crippen LogP contribution >= 0.6 is 0 Å². The van der Waals surface area contributed by atoms with Crippen LogP contribution in [-0.4, -0.2) is 6.54 Å². The molecule has 0 aliphatic carbocycles. The van der Waals surface area contributed by atoms with Crippen LogP contribution < -0.4 is 5.32 Å². The third-order valence-corrected chi connectivity index (χ3v) is 4.43. The van der Waals surface area contributed by atoms with Crippen molar-refractivity contribution in [2.45, 2.75) is 52.0 Å². The molecular weight excluding hydrogens is 206 g/mol. The predicted octanol–water partition coefficient (Wildman–Crippen LogP) is 3.87. The van der Waals surface area contributed by atoms with E-state index in [-0.39, 0.29) is 5.54 Å². The molecule has 2 atom stereocenters. The highest BCUT2D eigenvalue weighted by molar-refractivity contribution is 5.29. The second-order valence-corrected chi connectivity index (χ2v) is 5.62. The van der Waals surface area contributed by atoms with Crippen LogP contribution in [0.1, 0.15) is 51.2 Å². The molecule has 0 amide bonds. The van der Waals surface area contributed by atoms with Crippen LogP contribution in [0.2, 0.25) is 0 Å². The number of benzene rings is 1. The van der Waals surface area contributed by atoms with Gasteiger partial charge in [0.05, 0.1) is 0 Å². The van der Waals surface area contributed by atoms with Crippen molar-refractivity contribution in [1.82, 2.24) is 5.32 Å². The largest absolute Gasteiger partial charge is 0.307 e. The molecule has 1 aliphatic rings. The molecule has 1 N–H and O–H groups in total. The van der Waals surface area contributed by atoms with E-state index in [9.17, 15) is 0 Å². The first-order valence-electron chi connectivity index (χ1n) is 7.01. The van der Waals surface area contributed by atoms with Gasteiger partial charge in [-0.25, -0.2) is 0 Å². The van der Waals surface area contributed by atoms with Crippen LogP contribution in [0.3, 0.4) is 0 Å². The molecule has 17 heavy (non-hydrogen) atoms. The van der Waals surface area contributed by atoms with Crippen LogP contribution in [0.15, 0.2) is 24.3 Å². The van der Waals surface area contributed by atoms with Gasteiger partial charge in [-0.2, -0.15) is 0 Å². The van der Waals surface area contributed by atoms with Crippen molar-refractivity contribution >= 4 is 0 Å². The fourth-order valence-corrected chi connectivity index (χ4v) is 2.80. The van der Waals surface area contributed by atoms with E-state index in [1.54, 1.807) is 0 Å². The minimum absolute atomic E-state index is 0.184. The number of rotatable bonds is 4. The molecule has 94 valence electrons. The zero-order valence-corrected chi connectivity index (χ0v) is 11.4. The van der Waals surface area contributed by atoms with E-state index in [1.807, 2.05) is 0 Å². The molecule has 1 nitrogen and oxygen atoms in total. The van der Waals surface area contributed by atoms with Crippen LogP contribution in [0.4, 0.5) is 0 Å². The van der Waals surface area contributed by atoms with Crippen LogP contribution in [0.5, 0.6) is 0 Å². The van der Waals surface area contributed by atoms with Gasteiger partial charge in [0.25, 0.3) is 0 Å². The minimum atomic E-state index is 0.184. The van der Waals surface area contributed by atoms with Gasteiger partial charge in [0.15, 0.2) is 0 Å². The maximum Gasteiger partial charge on any atom is 0.0432 e. The molecule has 1 heteroatoms. The Morgan fingerprint density at radius 2 is 2.00 bits per heavy atom. The Balaban J connectivity index is 2.12. The summed E-state index contributed by atoms with van der Waals surface area (Å²) in [5.41, 5.74) is 3.11. The fourth-order valence-electron chi connectivity index (χ4n) is 2.80. The molecule has 0 aromatic heterocycles. The van der Waals surface area contributed by atoms with Gasteiger partial charge in [-0.05, 0) is 49.8 Å². The number of nitrogens with one attached hydrogen (secondary N) is 1. The summed E-state index contributed by atoms with van der Waals surface area (Å²) in [4.78, 5) is 0. The third kappa shape index (κ3) is 2.55. The van der Waals surface area contributed by atoms with Crippen LogP contribution in [-0.2, 0) is 12.0 Å². The van der Waals surface area contributed by atoms with E-state index < -0.39 is 0 Å². The Labute approximate surface area is 106 Å². The lowest BCUT2D eigenvalue weighted by molar-refractivity contribution is 0.334. The molecule has 2 unspecified atom stereocenters. The fraction of sp³-hybridized carbons (Fsp3) is 0.625. The minimum Gasteiger partial charge on any atom is -0.307 e. The Kier molecular flexibility index (Phi) is 3.88. The summed E-state index contributed by atoms with van der Waals surface area (Å²) in [6.07, 6.45) is 5.08. The second kappa shape index (κ2) is 5.22. The average Bonchev–Trinajstić information content (AvgIpc) is 2.69. The van der Waals surface area contributed by atoms with Crippen molar-refractivity contribution in [3.05, 3.63) is 35.4 Å². The molecule has 0 saturated carbocycles. The molecule has 0 spiro atoms. The first-order valence-corrected chi connectivity index (χ1v) is 7.01. The van der Waals surface area contributed by atoms with Crippen molar-refractivity contribution in [2.24, 2.45) is 5.92 Å². The summed E-state index contributed by atoms with van der Waals surface area (Å²) in [6.45, 7) is 8.09. The summed E-state index contributed by atoms with van der Waals surface area (Å²) < 4.78 is 0. The van der Waals surface area contributed by atoms with Crippen molar-refractivity contribution in [2.75, 3.05) is 6.54 Å². The summed E-state index contributed by atoms with van der Waals surface area (Å²) in [7, 11) is 0. The lowest BCUT2D eigenvalue weighted by atomic mass is 9.82. The molecule has 2 rings (SSSR count).